The van der Waals surface area contributed by atoms with Crippen LogP contribution in [-0.2, 0) is 4.79 Å². The average molecular weight is 602 g/mol. The highest BCUT2D eigenvalue weighted by Crippen LogP contribution is 2.44. The quantitative estimate of drug-likeness (QED) is 0.376. The first kappa shape index (κ1) is 30.6. The number of aryl methyl sites for hydroxylation is 1. The van der Waals surface area contributed by atoms with E-state index in [2.05, 4.69) is 21.6 Å². The van der Waals surface area contributed by atoms with Crippen molar-refractivity contribution in [2.24, 2.45) is 5.41 Å². The lowest BCUT2D eigenvalue weighted by Gasteiger charge is -2.38. The molecule has 0 radical (unpaired) electrons. The molecular weight excluding hydrogens is 575 g/mol. The SMILES string of the molecule is Cc1cc(Oc2c(F)cc(C(=O)N[C@H](C)C(=O)N3C(C(C)(C)C#N)CC[C@H]3c3ccc(F)c(Cl)c3)cc2F)c(=O)[nH]n1. The number of nitrogens with zero attached hydrogens (tertiary/aromatic N) is 3. The molecule has 0 bridgehead atoms. The summed E-state index contributed by atoms with van der Waals surface area (Å²) < 4.78 is 48.6. The lowest BCUT2D eigenvalue weighted by Crippen LogP contribution is -2.52. The van der Waals surface area contributed by atoms with Crippen molar-refractivity contribution in [1.29, 1.82) is 5.26 Å². The van der Waals surface area contributed by atoms with E-state index in [0.29, 0.717) is 36.2 Å². The van der Waals surface area contributed by atoms with Crippen LogP contribution in [-0.4, -0.2) is 39.0 Å². The summed E-state index contributed by atoms with van der Waals surface area (Å²) in [5, 5.41) is 17.9. The van der Waals surface area contributed by atoms with Gasteiger partial charge in [-0.2, -0.15) is 10.4 Å². The number of aromatic amines is 1. The van der Waals surface area contributed by atoms with E-state index in [1.807, 2.05) is 0 Å². The first-order valence-corrected chi connectivity index (χ1v) is 13.3. The summed E-state index contributed by atoms with van der Waals surface area (Å²) in [4.78, 5) is 40.1. The second kappa shape index (κ2) is 11.9. The van der Waals surface area contributed by atoms with Crippen LogP contribution in [0.2, 0.25) is 5.02 Å². The van der Waals surface area contributed by atoms with Gasteiger partial charge in [0.2, 0.25) is 5.91 Å². The van der Waals surface area contributed by atoms with E-state index in [1.165, 1.54) is 43.0 Å². The highest BCUT2D eigenvalue weighted by Gasteiger charge is 2.46. The van der Waals surface area contributed by atoms with Crippen molar-refractivity contribution < 1.29 is 27.5 Å². The molecule has 3 aromatic rings. The lowest BCUT2D eigenvalue weighted by molar-refractivity contribution is -0.137. The van der Waals surface area contributed by atoms with Gasteiger partial charge in [-0.25, -0.2) is 18.3 Å². The van der Waals surface area contributed by atoms with Gasteiger partial charge in [0.05, 0.1) is 34.3 Å². The molecule has 4 rings (SSSR count). The van der Waals surface area contributed by atoms with E-state index in [9.17, 15) is 32.8 Å². The van der Waals surface area contributed by atoms with Crippen LogP contribution >= 0.6 is 11.6 Å². The number of hydrogen-bond acceptors (Lipinski definition) is 6. The molecule has 9 nitrogen and oxygen atoms in total. The van der Waals surface area contributed by atoms with Crippen molar-refractivity contribution in [2.45, 2.75) is 58.7 Å². The Hall–Kier alpha value is -4.37. The van der Waals surface area contributed by atoms with E-state index in [1.54, 1.807) is 13.8 Å². The molecule has 2 N–H and O–H groups in total. The minimum atomic E-state index is -1.25. The van der Waals surface area contributed by atoms with Crippen LogP contribution in [0.15, 0.2) is 41.2 Å². The third-order valence-corrected chi connectivity index (χ3v) is 7.47. The molecule has 0 saturated carbocycles. The topological polar surface area (TPSA) is 128 Å². The molecule has 2 heterocycles. The van der Waals surface area contributed by atoms with Crippen LogP contribution in [0.3, 0.4) is 0 Å². The number of aromatic nitrogens is 2. The molecule has 2 amide bonds. The van der Waals surface area contributed by atoms with Crippen molar-refractivity contribution in [1.82, 2.24) is 20.4 Å². The summed E-state index contributed by atoms with van der Waals surface area (Å²) in [6, 6.07) is 6.69. The predicted octanol–water partition coefficient (Wildman–Crippen LogP) is 5.34. The number of hydrogen-bond donors (Lipinski definition) is 2. The summed E-state index contributed by atoms with van der Waals surface area (Å²) >= 11 is 5.99. The normalized spacial score (nSPS) is 17.5. The van der Waals surface area contributed by atoms with Gasteiger partial charge in [0.1, 0.15) is 11.9 Å². The number of benzene rings is 2. The maximum Gasteiger partial charge on any atom is 0.307 e. The zero-order valence-corrected chi connectivity index (χ0v) is 23.9. The third-order valence-electron chi connectivity index (χ3n) is 7.18. The smallest absolute Gasteiger partial charge is 0.307 e. The fourth-order valence-corrected chi connectivity index (χ4v) is 5.16. The number of nitrogens with one attached hydrogen (secondary N) is 2. The van der Waals surface area contributed by atoms with Crippen LogP contribution in [0.5, 0.6) is 11.5 Å². The summed E-state index contributed by atoms with van der Waals surface area (Å²) in [6.45, 7) is 6.33. The number of nitriles is 1. The number of carbonyl (C=O) groups excluding carboxylic acids is 2. The van der Waals surface area contributed by atoms with Crippen LogP contribution in [0.1, 0.15) is 61.3 Å². The number of rotatable bonds is 7. The zero-order chi connectivity index (χ0) is 30.9. The predicted molar refractivity (Wildman–Crippen MR) is 146 cm³/mol. The van der Waals surface area contributed by atoms with Crippen molar-refractivity contribution in [3.8, 4) is 17.6 Å². The Morgan fingerprint density at radius 2 is 1.83 bits per heavy atom. The minimum absolute atomic E-state index is 0.121. The molecule has 3 atom stereocenters. The molecule has 1 aliphatic rings. The molecule has 1 aliphatic heterocycles. The van der Waals surface area contributed by atoms with Gasteiger partial charge in [-0.05, 0) is 70.4 Å². The maximum absolute atomic E-state index is 14.8. The van der Waals surface area contributed by atoms with Crippen molar-refractivity contribution >= 4 is 23.4 Å². The Morgan fingerprint density at radius 1 is 1.17 bits per heavy atom. The standard InChI is InChI=1S/C29H27ClF3N5O4/c1-14-9-23(27(40)37-36-14)42-25-20(32)11-17(12-21(25)33)26(39)35-15(2)28(41)38-22(7-8-24(38)29(3,4)13-34)16-5-6-19(31)18(30)10-16/h5-6,9-12,15,22,24H,7-8H2,1-4H3,(H,35,39)(H,37,40)/t15-,22+,24?/m1/s1. The number of amides is 2. The van der Waals surface area contributed by atoms with Crippen LogP contribution < -0.4 is 15.6 Å². The Bertz CT molecular complexity index is 1630. The molecule has 13 heteroatoms. The molecule has 1 saturated heterocycles. The number of ether oxygens (including phenoxy) is 1. The van der Waals surface area contributed by atoms with Gasteiger partial charge < -0.3 is 15.0 Å². The monoisotopic (exact) mass is 601 g/mol. The maximum atomic E-state index is 14.8. The van der Waals surface area contributed by atoms with E-state index < -0.39 is 75.4 Å². The van der Waals surface area contributed by atoms with Gasteiger partial charge in [-0.15, -0.1) is 0 Å². The summed E-state index contributed by atoms with van der Waals surface area (Å²) in [7, 11) is 0. The minimum Gasteiger partial charge on any atom is -0.445 e. The molecule has 0 aliphatic carbocycles. The van der Waals surface area contributed by atoms with Gasteiger partial charge in [-0.1, -0.05) is 17.7 Å². The van der Waals surface area contributed by atoms with Gasteiger partial charge in [0.15, 0.2) is 23.1 Å². The Balaban J connectivity index is 1.57. The molecule has 42 heavy (non-hydrogen) atoms. The molecule has 1 unspecified atom stereocenters. The molecule has 0 spiro atoms. The summed E-state index contributed by atoms with van der Waals surface area (Å²) in [5.41, 5.74) is -1.31. The molecule has 1 aromatic heterocycles. The number of halogens is 4. The van der Waals surface area contributed by atoms with Crippen LogP contribution in [0.25, 0.3) is 0 Å². The average Bonchev–Trinajstić information content (AvgIpc) is 3.39. The third kappa shape index (κ3) is 6.11. The van der Waals surface area contributed by atoms with Gasteiger partial charge in [0, 0.05) is 11.6 Å². The summed E-state index contributed by atoms with van der Waals surface area (Å²) in [5.74, 6) is -5.92. The Kier molecular flexibility index (Phi) is 8.63. The van der Waals surface area contributed by atoms with E-state index in [-0.39, 0.29) is 5.02 Å². The van der Waals surface area contributed by atoms with Crippen LogP contribution in [0, 0.1) is 41.1 Å². The van der Waals surface area contributed by atoms with Crippen molar-refractivity contribution in [2.75, 3.05) is 0 Å². The molecule has 2 aromatic carbocycles. The zero-order valence-electron chi connectivity index (χ0n) is 23.1. The van der Waals surface area contributed by atoms with E-state index in [4.69, 9.17) is 16.3 Å². The van der Waals surface area contributed by atoms with E-state index in [0.717, 1.165) is 0 Å². The van der Waals surface area contributed by atoms with Gasteiger partial charge in [0.25, 0.3) is 5.91 Å². The highest BCUT2D eigenvalue weighted by atomic mass is 35.5. The first-order chi connectivity index (χ1) is 19.7. The fraction of sp³-hybridized carbons (Fsp3) is 0.345. The first-order valence-electron chi connectivity index (χ1n) is 13.0. The van der Waals surface area contributed by atoms with Crippen LogP contribution in [0.4, 0.5) is 13.2 Å². The Morgan fingerprint density at radius 3 is 2.45 bits per heavy atom. The Labute approximate surface area is 244 Å². The van der Waals surface area contributed by atoms with Crippen molar-refractivity contribution in [3.05, 3.63) is 86.0 Å². The molecule has 1 fully saturated rings. The second-order valence-corrected chi connectivity index (χ2v) is 11.0. The lowest BCUT2D eigenvalue weighted by atomic mass is 9.84. The van der Waals surface area contributed by atoms with E-state index >= 15 is 0 Å². The number of carbonyl (C=O) groups is 2. The highest BCUT2D eigenvalue weighted by molar-refractivity contribution is 6.30. The molecule has 220 valence electrons. The summed E-state index contributed by atoms with van der Waals surface area (Å²) in [6.07, 6.45) is 0.923. The number of H-pyrrole nitrogens is 1. The largest absolute Gasteiger partial charge is 0.445 e. The van der Waals surface area contributed by atoms with Gasteiger partial charge in [-0.3, -0.25) is 14.4 Å². The molecular formula is C29H27ClF3N5O4. The van der Waals surface area contributed by atoms with Crippen molar-refractivity contribution in [3.63, 3.8) is 0 Å². The number of likely N-dealkylation sites (tertiary alicyclic amines) is 1. The fourth-order valence-electron chi connectivity index (χ4n) is 4.97. The van der Waals surface area contributed by atoms with Gasteiger partial charge >= 0.3 is 5.56 Å². The second-order valence-electron chi connectivity index (χ2n) is 10.6.